The summed E-state index contributed by atoms with van der Waals surface area (Å²) < 4.78 is 5.87. The largest absolute Gasteiger partial charge is 0.371 e. The quantitative estimate of drug-likeness (QED) is 0.538. The van der Waals surface area contributed by atoms with E-state index in [9.17, 15) is 9.59 Å². The number of carbonyl (C=O) groups is 2. The first-order valence-electron chi connectivity index (χ1n) is 9.81. The Morgan fingerprint density at radius 1 is 1.03 bits per heavy atom. The van der Waals surface area contributed by atoms with Crippen LogP contribution >= 0.6 is 11.6 Å². The van der Waals surface area contributed by atoms with Gasteiger partial charge < -0.3 is 15.4 Å². The molecule has 2 amide bonds. The minimum Gasteiger partial charge on any atom is -0.371 e. The first kappa shape index (κ1) is 21.3. The zero-order valence-electron chi connectivity index (χ0n) is 16.3. The number of benzene rings is 2. The van der Waals surface area contributed by atoms with E-state index in [4.69, 9.17) is 16.3 Å². The van der Waals surface area contributed by atoms with Gasteiger partial charge in [-0.3, -0.25) is 14.5 Å². The number of halogens is 1. The second kappa shape index (κ2) is 11.0. The van der Waals surface area contributed by atoms with E-state index in [1.165, 1.54) is 5.56 Å². The number of nitrogens with zero attached hydrogens (tertiary/aromatic N) is 1. The molecular formula is C22H26ClN3O3. The highest BCUT2D eigenvalue weighted by Gasteiger charge is 2.21. The molecule has 0 radical (unpaired) electrons. The summed E-state index contributed by atoms with van der Waals surface area (Å²) in [5.74, 6) is -1.24. The highest BCUT2D eigenvalue weighted by Crippen LogP contribution is 2.21. The summed E-state index contributed by atoms with van der Waals surface area (Å²) in [4.78, 5) is 26.2. The predicted octanol–water partition coefficient (Wildman–Crippen LogP) is 2.54. The van der Waals surface area contributed by atoms with Crippen LogP contribution in [-0.4, -0.2) is 49.5 Å². The summed E-state index contributed by atoms with van der Waals surface area (Å²) in [5.41, 5.74) is 2.07. The Labute approximate surface area is 176 Å². The van der Waals surface area contributed by atoms with E-state index < -0.39 is 11.8 Å². The van der Waals surface area contributed by atoms with Crippen molar-refractivity contribution in [3.05, 3.63) is 70.7 Å². The Kier molecular flexibility index (Phi) is 8.04. The summed E-state index contributed by atoms with van der Waals surface area (Å²) in [5, 5.41) is 5.92. The molecule has 0 unspecified atom stereocenters. The molecule has 154 valence electrons. The molecule has 0 aromatic heterocycles. The van der Waals surface area contributed by atoms with Gasteiger partial charge in [0.25, 0.3) is 0 Å². The number of hydrogen-bond acceptors (Lipinski definition) is 4. The lowest BCUT2D eigenvalue weighted by atomic mass is 10.1. The molecule has 1 atom stereocenters. The first-order valence-corrected chi connectivity index (χ1v) is 10.2. The fourth-order valence-electron chi connectivity index (χ4n) is 3.22. The second-order valence-corrected chi connectivity index (χ2v) is 7.43. The molecule has 2 aromatic rings. The molecule has 0 spiro atoms. The molecule has 1 saturated heterocycles. The van der Waals surface area contributed by atoms with E-state index in [2.05, 4.69) is 27.7 Å². The third kappa shape index (κ3) is 6.85. The Hall–Kier alpha value is -2.41. The maximum Gasteiger partial charge on any atom is 0.309 e. The molecule has 1 heterocycles. The van der Waals surface area contributed by atoms with E-state index >= 15 is 0 Å². The van der Waals surface area contributed by atoms with Gasteiger partial charge in [0.15, 0.2) is 0 Å². The van der Waals surface area contributed by atoms with Crippen molar-refractivity contribution in [2.45, 2.75) is 19.1 Å². The van der Waals surface area contributed by atoms with Crippen LogP contribution in [0.15, 0.2) is 54.6 Å². The van der Waals surface area contributed by atoms with Crippen LogP contribution in [0.4, 0.5) is 0 Å². The van der Waals surface area contributed by atoms with Gasteiger partial charge in [0.2, 0.25) is 0 Å². The monoisotopic (exact) mass is 415 g/mol. The molecule has 3 rings (SSSR count). The van der Waals surface area contributed by atoms with Crippen LogP contribution < -0.4 is 10.6 Å². The Morgan fingerprint density at radius 2 is 1.76 bits per heavy atom. The summed E-state index contributed by atoms with van der Waals surface area (Å²) >= 11 is 5.83. The molecule has 0 saturated carbocycles. The predicted molar refractivity (Wildman–Crippen MR) is 113 cm³/mol. The highest BCUT2D eigenvalue weighted by atomic mass is 35.5. The SMILES string of the molecule is O=C(NCCCN1CCO[C@@H](c2ccccc2)C1)C(=O)NCc1ccc(Cl)cc1. The molecule has 29 heavy (non-hydrogen) atoms. The van der Waals surface area contributed by atoms with E-state index in [-0.39, 0.29) is 12.6 Å². The maximum absolute atomic E-state index is 11.9. The molecular weight excluding hydrogens is 390 g/mol. The lowest BCUT2D eigenvalue weighted by molar-refractivity contribution is -0.139. The number of carbonyl (C=O) groups excluding carboxylic acids is 2. The number of morpholine rings is 1. The van der Waals surface area contributed by atoms with Crippen LogP contribution in [0.2, 0.25) is 5.02 Å². The number of nitrogens with one attached hydrogen (secondary N) is 2. The number of amides is 2. The zero-order valence-corrected chi connectivity index (χ0v) is 17.0. The van der Waals surface area contributed by atoms with Gasteiger partial charge in [0, 0.05) is 37.7 Å². The molecule has 1 fully saturated rings. The summed E-state index contributed by atoms with van der Waals surface area (Å²) in [6.07, 6.45) is 0.857. The number of hydrogen-bond donors (Lipinski definition) is 2. The van der Waals surface area contributed by atoms with Gasteiger partial charge in [-0.05, 0) is 29.7 Å². The van der Waals surface area contributed by atoms with Crippen LogP contribution in [0.25, 0.3) is 0 Å². The Bertz CT molecular complexity index is 799. The standard InChI is InChI=1S/C22H26ClN3O3/c23-19-9-7-17(8-10-19)15-25-22(28)21(27)24-11-4-12-26-13-14-29-20(16-26)18-5-2-1-3-6-18/h1-3,5-10,20H,4,11-16H2,(H,24,27)(H,25,28)/t20-/m1/s1. The van der Waals surface area contributed by atoms with Crippen LogP contribution in [0.1, 0.15) is 23.7 Å². The van der Waals surface area contributed by atoms with Gasteiger partial charge >= 0.3 is 11.8 Å². The van der Waals surface area contributed by atoms with E-state index in [1.807, 2.05) is 30.3 Å². The van der Waals surface area contributed by atoms with Crippen LogP contribution in [0.3, 0.4) is 0 Å². The van der Waals surface area contributed by atoms with E-state index in [0.717, 1.165) is 31.6 Å². The normalized spacial score (nSPS) is 16.9. The molecule has 0 aliphatic carbocycles. The summed E-state index contributed by atoms with van der Waals surface area (Å²) in [6, 6.07) is 17.3. The average molecular weight is 416 g/mol. The van der Waals surface area contributed by atoms with E-state index in [1.54, 1.807) is 12.1 Å². The molecule has 1 aliphatic heterocycles. The maximum atomic E-state index is 11.9. The summed E-state index contributed by atoms with van der Waals surface area (Å²) in [7, 11) is 0. The van der Waals surface area contributed by atoms with Crippen LogP contribution in [-0.2, 0) is 20.9 Å². The molecule has 0 bridgehead atoms. The minimum absolute atomic E-state index is 0.0817. The molecule has 2 aromatic carbocycles. The zero-order chi connectivity index (χ0) is 20.5. The second-order valence-electron chi connectivity index (χ2n) is 6.99. The van der Waals surface area contributed by atoms with Crippen LogP contribution in [0, 0.1) is 0 Å². The van der Waals surface area contributed by atoms with Crippen molar-refractivity contribution in [1.82, 2.24) is 15.5 Å². The van der Waals surface area contributed by atoms with Crippen molar-refractivity contribution in [2.24, 2.45) is 0 Å². The first-order chi connectivity index (χ1) is 14.1. The van der Waals surface area contributed by atoms with Gasteiger partial charge in [-0.1, -0.05) is 54.1 Å². The lowest BCUT2D eigenvalue weighted by Crippen LogP contribution is -2.42. The van der Waals surface area contributed by atoms with Gasteiger partial charge in [-0.2, -0.15) is 0 Å². The smallest absolute Gasteiger partial charge is 0.309 e. The molecule has 6 nitrogen and oxygen atoms in total. The highest BCUT2D eigenvalue weighted by molar-refractivity contribution is 6.35. The topological polar surface area (TPSA) is 70.7 Å². The van der Waals surface area contributed by atoms with Crippen molar-refractivity contribution in [3.8, 4) is 0 Å². The van der Waals surface area contributed by atoms with E-state index in [0.29, 0.717) is 18.2 Å². The molecule has 2 N–H and O–H groups in total. The third-order valence-corrected chi connectivity index (χ3v) is 5.08. The fourth-order valence-corrected chi connectivity index (χ4v) is 3.35. The number of ether oxygens (including phenoxy) is 1. The van der Waals surface area contributed by atoms with Gasteiger partial charge in [0.1, 0.15) is 0 Å². The minimum atomic E-state index is -0.629. The average Bonchev–Trinajstić information content (AvgIpc) is 2.77. The fraction of sp³-hybridized carbons (Fsp3) is 0.364. The van der Waals surface area contributed by atoms with Crippen molar-refractivity contribution >= 4 is 23.4 Å². The van der Waals surface area contributed by atoms with Crippen molar-refractivity contribution in [3.63, 3.8) is 0 Å². The van der Waals surface area contributed by atoms with Crippen molar-refractivity contribution in [1.29, 1.82) is 0 Å². The summed E-state index contributed by atoms with van der Waals surface area (Å²) in [6.45, 7) is 4.00. The van der Waals surface area contributed by atoms with Gasteiger partial charge in [-0.25, -0.2) is 0 Å². The third-order valence-electron chi connectivity index (χ3n) is 4.83. The van der Waals surface area contributed by atoms with Crippen molar-refractivity contribution in [2.75, 3.05) is 32.8 Å². The molecule has 7 heteroatoms. The van der Waals surface area contributed by atoms with Crippen LogP contribution in [0.5, 0.6) is 0 Å². The van der Waals surface area contributed by atoms with Gasteiger partial charge in [0.05, 0.1) is 12.7 Å². The Balaban J connectivity index is 1.32. The molecule has 1 aliphatic rings. The number of rotatable bonds is 7. The van der Waals surface area contributed by atoms with Crippen molar-refractivity contribution < 1.29 is 14.3 Å². The van der Waals surface area contributed by atoms with Gasteiger partial charge in [-0.15, -0.1) is 0 Å². The lowest BCUT2D eigenvalue weighted by Gasteiger charge is -2.33. The Morgan fingerprint density at radius 3 is 2.52 bits per heavy atom.